The summed E-state index contributed by atoms with van der Waals surface area (Å²) in [5, 5.41) is 18.2. The van der Waals surface area contributed by atoms with Crippen molar-refractivity contribution in [2.75, 3.05) is 71.5 Å². The van der Waals surface area contributed by atoms with E-state index in [1.807, 2.05) is 60.7 Å². The molecule has 0 spiro atoms. The zero-order chi connectivity index (χ0) is 41.4. The van der Waals surface area contributed by atoms with Gasteiger partial charge in [-0.1, -0.05) is 42.5 Å². The summed E-state index contributed by atoms with van der Waals surface area (Å²) in [5.41, 5.74) is 5.98. The Bertz CT molecular complexity index is 1760. The van der Waals surface area contributed by atoms with E-state index in [-0.39, 0.29) is 17.8 Å². The number of rotatable bonds is 10. The van der Waals surface area contributed by atoms with E-state index >= 15 is 0 Å². The summed E-state index contributed by atoms with van der Waals surface area (Å²) in [5.74, 6) is -2.57. The summed E-state index contributed by atoms with van der Waals surface area (Å²) in [7, 11) is 3.90. The number of benzene rings is 2. The van der Waals surface area contributed by atoms with E-state index in [1.165, 1.54) is 43.3 Å². The Morgan fingerprint density at radius 2 is 1.60 bits per heavy atom. The number of hydrogen-bond donors (Lipinski definition) is 2. The summed E-state index contributed by atoms with van der Waals surface area (Å²) in [6.07, 6.45) is 1.01. The van der Waals surface area contributed by atoms with Crippen molar-refractivity contribution in [2.45, 2.75) is 57.1 Å². The molecular weight excluding hydrogens is 811 g/mol. The molecule has 3 aromatic rings. The number of aromatic nitrogens is 2. The average molecular weight is 861 g/mol. The van der Waals surface area contributed by atoms with Gasteiger partial charge in [0.15, 0.2) is 5.82 Å². The predicted octanol–water partition coefficient (Wildman–Crippen LogP) is 4.56. The molecule has 4 heterocycles. The number of nitriles is 1. The second kappa shape index (κ2) is 22.3. The van der Waals surface area contributed by atoms with Crippen molar-refractivity contribution >= 4 is 40.0 Å². The van der Waals surface area contributed by atoms with Crippen LogP contribution in [0.25, 0.3) is 0 Å². The molecule has 3 fully saturated rings. The molecule has 0 radical (unpaired) electrons. The van der Waals surface area contributed by atoms with Crippen LogP contribution in [0.1, 0.15) is 53.0 Å². The first kappa shape index (κ1) is 45.0. The smallest absolute Gasteiger partial charge is 0.475 e. The molecule has 14 nitrogen and oxygen atoms in total. The molecule has 308 valence electrons. The number of likely N-dealkylation sites (N-methyl/N-ethyl adjacent to an activating group) is 1. The molecule has 3 aliphatic rings. The van der Waals surface area contributed by atoms with Gasteiger partial charge in [0.05, 0.1) is 17.1 Å². The standard InChI is InChI=1S/C29H38BrN9O2.C8H10O.C2HF3O2/c1-35-14-16-38(17-15-35)24-6-10-36(11-7-24)20-22-2-4-23(5-3-22)29(41)34-39(25-8-12-37(21-40)13-9-25)28-26(30)19-32-27(18-31)33-28;1-9-7-8-5-3-2-4-6-8;3-2(4,5)1(6)7/h2-5,19,21,24-25H,6-17,20H2,1H3,(H,34,41);2-6H,7H2,1H3;(H,6,7). The fourth-order valence-electron chi connectivity index (χ4n) is 6.71. The Hall–Kier alpha value is -4.67. The number of likely N-dealkylation sites (tertiary alicyclic amines) is 2. The van der Waals surface area contributed by atoms with Gasteiger partial charge >= 0.3 is 12.1 Å². The van der Waals surface area contributed by atoms with Crippen molar-refractivity contribution in [3.8, 4) is 6.07 Å². The van der Waals surface area contributed by atoms with Crippen LogP contribution in [-0.4, -0.2) is 138 Å². The third kappa shape index (κ3) is 14.3. The minimum Gasteiger partial charge on any atom is -0.475 e. The first-order chi connectivity index (χ1) is 27.3. The Kier molecular flexibility index (Phi) is 17.6. The number of carbonyl (C=O) groups excluding carboxylic acids is 2. The van der Waals surface area contributed by atoms with Gasteiger partial charge in [-0.2, -0.15) is 23.4 Å². The number of carbonyl (C=O) groups is 3. The summed E-state index contributed by atoms with van der Waals surface area (Å²) in [6, 6.07) is 20.5. The molecule has 3 saturated heterocycles. The SMILES string of the molecule is CN1CCN(C2CCN(Cc3ccc(C(=O)NN(c4nc(C#N)ncc4Br)C4CCN(C=O)CC4)cc3)CC2)CC1.COCc1ccccc1.O=C(O)C(F)(F)F. The van der Waals surface area contributed by atoms with Crippen LogP contribution in [0.15, 0.2) is 65.3 Å². The highest BCUT2D eigenvalue weighted by molar-refractivity contribution is 9.10. The highest BCUT2D eigenvalue weighted by Gasteiger charge is 2.38. The quantitative estimate of drug-likeness (QED) is 0.217. The van der Waals surface area contributed by atoms with Gasteiger partial charge in [0.1, 0.15) is 6.07 Å². The van der Waals surface area contributed by atoms with Gasteiger partial charge in [0.2, 0.25) is 12.2 Å². The highest BCUT2D eigenvalue weighted by atomic mass is 79.9. The van der Waals surface area contributed by atoms with Gasteiger partial charge in [0.25, 0.3) is 5.91 Å². The number of aliphatic carboxylic acids is 1. The minimum absolute atomic E-state index is 0.0182. The number of piperidine rings is 2. The second-order valence-corrected chi connectivity index (χ2v) is 14.8. The molecule has 0 unspecified atom stereocenters. The summed E-state index contributed by atoms with van der Waals surface area (Å²) < 4.78 is 37.2. The number of nitrogens with zero attached hydrogens (tertiary/aromatic N) is 8. The molecule has 6 rings (SSSR count). The predicted molar refractivity (Wildman–Crippen MR) is 210 cm³/mol. The van der Waals surface area contributed by atoms with Crippen molar-refractivity contribution in [1.82, 2.24) is 35.0 Å². The van der Waals surface area contributed by atoms with E-state index < -0.39 is 12.1 Å². The molecule has 2 amide bonds. The molecule has 3 aliphatic heterocycles. The van der Waals surface area contributed by atoms with E-state index in [1.54, 1.807) is 17.0 Å². The van der Waals surface area contributed by atoms with Crippen molar-refractivity contribution in [3.63, 3.8) is 0 Å². The van der Waals surface area contributed by atoms with Gasteiger partial charge in [-0.3, -0.25) is 29.8 Å². The first-order valence-electron chi connectivity index (χ1n) is 18.6. The van der Waals surface area contributed by atoms with Crippen LogP contribution >= 0.6 is 15.9 Å². The molecule has 0 aliphatic carbocycles. The third-order valence-electron chi connectivity index (χ3n) is 9.92. The number of nitrogens with one attached hydrogen (secondary N) is 1. The summed E-state index contributed by atoms with van der Waals surface area (Å²) >= 11 is 3.48. The highest BCUT2D eigenvalue weighted by Crippen LogP contribution is 2.27. The lowest BCUT2D eigenvalue weighted by Gasteiger charge is -2.42. The Labute approximate surface area is 339 Å². The topological polar surface area (TPSA) is 158 Å². The van der Waals surface area contributed by atoms with Crippen LogP contribution in [0.5, 0.6) is 0 Å². The normalized spacial score (nSPS) is 17.2. The number of ether oxygens (including phenoxy) is 1. The number of anilines is 1. The lowest BCUT2D eigenvalue weighted by Crippen LogP contribution is -2.53. The molecule has 0 saturated carbocycles. The van der Waals surface area contributed by atoms with Gasteiger partial charge < -0.3 is 19.6 Å². The number of carboxylic acid groups (broad SMARTS) is 1. The van der Waals surface area contributed by atoms with Crippen LogP contribution in [0, 0.1) is 11.3 Å². The summed E-state index contributed by atoms with van der Waals surface area (Å²) in [4.78, 5) is 51.2. The summed E-state index contributed by atoms with van der Waals surface area (Å²) in [6.45, 7) is 9.60. The fourth-order valence-corrected chi connectivity index (χ4v) is 7.09. The number of piperazine rings is 1. The first-order valence-corrected chi connectivity index (χ1v) is 19.4. The number of alkyl halides is 3. The van der Waals surface area contributed by atoms with Crippen LogP contribution in [0.3, 0.4) is 0 Å². The van der Waals surface area contributed by atoms with Crippen molar-refractivity contribution in [3.05, 3.63) is 87.8 Å². The van der Waals surface area contributed by atoms with Gasteiger partial charge in [-0.05, 0) is 85.0 Å². The Morgan fingerprint density at radius 3 is 2.14 bits per heavy atom. The monoisotopic (exact) mass is 859 g/mol. The maximum Gasteiger partial charge on any atom is 0.490 e. The number of hydrazine groups is 1. The molecule has 0 bridgehead atoms. The van der Waals surface area contributed by atoms with Gasteiger partial charge in [-0.25, -0.2) is 9.78 Å². The zero-order valence-corrected chi connectivity index (χ0v) is 33.7. The van der Waals surface area contributed by atoms with Crippen LogP contribution in [0.2, 0.25) is 0 Å². The van der Waals surface area contributed by atoms with E-state index in [9.17, 15) is 28.0 Å². The molecule has 18 heteroatoms. The molecule has 2 aromatic carbocycles. The number of amides is 2. The number of halogens is 4. The van der Waals surface area contributed by atoms with Crippen molar-refractivity contribution in [2.24, 2.45) is 0 Å². The largest absolute Gasteiger partial charge is 0.490 e. The molecule has 2 N–H and O–H groups in total. The van der Waals surface area contributed by atoms with Crippen LogP contribution < -0.4 is 10.4 Å². The lowest BCUT2D eigenvalue weighted by atomic mass is 10.0. The number of carboxylic acids is 1. The van der Waals surface area contributed by atoms with Crippen molar-refractivity contribution in [1.29, 1.82) is 5.26 Å². The Balaban J connectivity index is 0.000000374. The minimum atomic E-state index is -5.08. The third-order valence-corrected chi connectivity index (χ3v) is 10.5. The molecule has 1 aromatic heterocycles. The van der Waals surface area contributed by atoms with Gasteiger partial charge in [-0.15, -0.1) is 0 Å². The fraction of sp³-hybridized carbons (Fsp3) is 0.487. The van der Waals surface area contributed by atoms with E-state index in [0.29, 0.717) is 54.4 Å². The van der Waals surface area contributed by atoms with Crippen LogP contribution in [-0.2, 0) is 27.5 Å². The molecular formula is C39H49BrF3N9O5. The maximum atomic E-state index is 13.4. The zero-order valence-electron chi connectivity index (χ0n) is 32.1. The second-order valence-electron chi connectivity index (χ2n) is 13.9. The van der Waals surface area contributed by atoms with E-state index in [2.05, 4.69) is 53.1 Å². The van der Waals surface area contributed by atoms with E-state index in [4.69, 9.17) is 14.6 Å². The number of hydrogen-bond acceptors (Lipinski definition) is 11. The Morgan fingerprint density at radius 1 is 0.982 bits per heavy atom. The maximum absolute atomic E-state index is 13.4. The number of methoxy groups -OCH3 is 1. The van der Waals surface area contributed by atoms with Gasteiger partial charge in [0, 0.05) is 70.7 Å². The van der Waals surface area contributed by atoms with E-state index in [0.717, 1.165) is 39.1 Å². The average Bonchev–Trinajstić information content (AvgIpc) is 3.22. The molecule has 0 atom stereocenters. The van der Waals surface area contributed by atoms with Crippen molar-refractivity contribution < 1.29 is 37.4 Å². The molecule has 57 heavy (non-hydrogen) atoms. The lowest BCUT2D eigenvalue weighted by molar-refractivity contribution is -0.192. The van der Waals surface area contributed by atoms with Crippen LogP contribution in [0.4, 0.5) is 19.0 Å².